The first-order valence-electron chi connectivity index (χ1n) is 11.2. The van der Waals surface area contributed by atoms with Crippen LogP contribution in [0.4, 0.5) is 18.9 Å². The third-order valence-electron chi connectivity index (χ3n) is 6.13. The van der Waals surface area contributed by atoms with E-state index in [0.29, 0.717) is 23.4 Å². The van der Waals surface area contributed by atoms with E-state index in [9.17, 15) is 36.3 Å². The Kier molecular flexibility index (Phi) is 6.94. The van der Waals surface area contributed by atoms with E-state index in [-0.39, 0.29) is 24.1 Å². The van der Waals surface area contributed by atoms with E-state index >= 15 is 0 Å². The molecule has 2 aromatic heterocycles. The van der Waals surface area contributed by atoms with Crippen molar-refractivity contribution >= 4 is 21.4 Å². The average Bonchev–Trinajstić information content (AvgIpc) is 3.12. The van der Waals surface area contributed by atoms with Crippen molar-refractivity contribution in [1.29, 1.82) is 0 Å². The molecular weight excluding hydrogens is 501 g/mol. The van der Waals surface area contributed by atoms with Gasteiger partial charge in [-0.3, -0.25) is 14.3 Å². The highest BCUT2D eigenvalue weighted by atomic mass is 32.2. The van der Waals surface area contributed by atoms with E-state index in [1.165, 1.54) is 12.4 Å². The van der Waals surface area contributed by atoms with Gasteiger partial charge in [0.2, 0.25) is 11.8 Å². The topological polar surface area (TPSA) is 123 Å². The van der Waals surface area contributed by atoms with Gasteiger partial charge in [0.15, 0.2) is 0 Å². The van der Waals surface area contributed by atoms with Crippen molar-refractivity contribution in [3.8, 4) is 11.6 Å². The number of carbonyl (C=O) groups is 1. The number of aromatic hydroxyl groups is 1. The van der Waals surface area contributed by atoms with Gasteiger partial charge in [-0.15, -0.1) is 0 Å². The van der Waals surface area contributed by atoms with E-state index in [0.717, 1.165) is 59.6 Å². The Morgan fingerprint density at radius 2 is 1.78 bits per heavy atom. The molecule has 0 atom stereocenters. The Morgan fingerprint density at radius 1 is 1.11 bits per heavy atom. The summed E-state index contributed by atoms with van der Waals surface area (Å²) in [6.45, 7) is -0.0390. The SMILES string of the molecule is O=C(Nc1cnccc1Cn1cc(O)n(-c2ccc(S(=O)(=O)C(F)(F)F)cc2)c1=O)C1CCCCC1. The second-order valence-corrected chi connectivity index (χ2v) is 10.5. The van der Waals surface area contributed by atoms with Crippen LogP contribution >= 0.6 is 0 Å². The first-order chi connectivity index (χ1) is 17.0. The predicted octanol–water partition coefficient (Wildman–Crippen LogP) is 3.60. The molecule has 1 aliphatic carbocycles. The number of imidazole rings is 1. The van der Waals surface area contributed by atoms with Crippen LogP contribution in [-0.4, -0.2) is 39.1 Å². The summed E-state index contributed by atoms with van der Waals surface area (Å²) in [5.74, 6) is -0.720. The van der Waals surface area contributed by atoms with Gasteiger partial charge in [-0.1, -0.05) is 19.3 Å². The van der Waals surface area contributed by atoms with Crippen LogP contribution in [0.1, 0.15) is 37.7 Å². The summed E-state index contributed by atoms with van der Waals surface area (Å²) in [5, 5.41) is 13.2. The maximum Gasteiger partial charge on any atom is 0.501 e. The molecule has 1 saturated carbocycles. The zero-order chi connectivity index (χ0) is 26.1. The molecule has 3 aromatic rings. The van der Waals surface area contributed by atoms with Crippen molar-refractivity contribution in [3.05, 3.63) is 65.0 Å². The fourth-order valence-electron chi connectivity index (χ4n) is 4.20. The number of nitrogens with zero attached hydrogens (tertiary/aromatic N) is 3. The summed E-state index contributed by atoms with van der Waals surface area (Å²) in [6.07, 6.45) is 8.79. The number of alkyl halides is 3. The van der Waals surface area contributed by atoms with E-state index in [1.54, 1.807) is 6.07 Å². The molecule has 0 bridgehead atoms. The summed E-state index contributed by atoms with van der Waals surface area (Å²) in [7, 11) is -5.55. The Hall–Kier alpha value is -3.61. The van der Waals surface area contributed by atoms with Gasteiger partial charge >= 0.3 is 11.2 Å². The zero-order valence-electron chi connectivity index (χ0n) is 18.9. The van der Waals surface area contributed by atoms with Crippen molar-refractivity contribution in [1.82, 2.24) is 14.1 Å². The Labute approximate surface area is 204 Å². The highest BCUT2D eigenvalue weighted by Gasteiger charge is 2.46. The highest BCUT2D eigenvalue weighted by molar-refractivity contribution is 7.92. The Balaban J connectivity index is 1.58. The van der Waals surface area contributed by atoms with Crippen LogP contribution in [0.15, 0.2) is 58.6 Å². The molecule has 36 heavy (non-hydrogen) atoms. The largest absolute Gasteiger partial charge is 0.501 e. The Bertz CT molecular complexity index is 1420. The summed E-state index contributed by atoms with van der Waals surface area (Å²) in [6, 6.07) is 5.03. The lowest BCUT2D eigenvalue weighted by atomic mass is 9.88. The van der Waals surface area contributed by atoms with Gasteiger partial charge in [0.1, 0.15) is 0 Å². The fourth-order valence-corrected chi connectivity index (χ4v) is 4.96. The standard InChI is InChI=1S/C23H23F3N4O5S/c24-23(25,26)36(34,35)18-8-6-17(7-9-18)30-20(31)14-29(22(30)33)13-16-10-11-27-12-19(16)28-21(32)15-4-2-1-3-5-15/h6-12,14-15,31H,1-5,13H2,(H,28,32). The summed E-state index contributed by atoms with van der Waals surface area (Å²) in [5.41, 5.74) is -5.24. The molecule has 2 heterocycles. The van der Waals surface area contributed by atoms with Crippen LogP contribution in [0.3, 0.4) is 0 Å². The number of hydrogen-bond donors (Lipinski definition) is 2. The molecule has 0 unspecified atom stereocenters. The molecule has 0 radical (unpaired) electrons. The van der Waals surface area contributed by atoms with E-state index in [4.69, 9.17) is 0 Å². The molecule has 1 aliphatic rings. The van der Waals surface area contributed by atoms with Crippen molar-refractivity contribution in [3.63, 3.8) is 0 Å². The first kappa shape index (κ1) is 25.5. The van der Waals surface area contributed by atoms with Gasteiger partial charge in [0, 0.05) is 12.1 Å². The molecule has 4 rings (SSSR count). The number of benzene rings is 1. The number of nitrogens with one attached hydrogen (secondary N) is 1. The molecule has 192 valence electrons. The Morgan fingerprint density at radius 3 is 2.42 bits per heavy atom. The lowest BCUT2D eigenvalue weighted by molar-refractivity contribution is -0.120. The molecule has 0 spiro atoms. The maximum absolute atomic E-state index is 13.0. The van der Waals surface area contributed by atoms with Gasteiger partial charge in [0.05, 0.1) is 35.2 Å². The number of sulfone groups is 1. The third-order valence-corrected chi connectivity index (χ3v) is 7.64. The molecular formula is C23H23F3N4O5S. The molecule has 9 nitrogen and oxygen atoms in total. The third kappa shape index (κ3) is 5.01. The number of aromatic nitrogens is 3. The van der Waals surface area contributed by atoms with Crippen LogP contribution in [0, 0.1) is 5.92 Å². The summed E-state index contributed by atoms with van der Waals surface area (Å²) >= 11 is 0. The van der Waals surface area contributed by atoms with Crippen LogP contribution in [0.5, 0.6) is 5.88 Å². The summed E-state index contributed by atoms with van der Waals surface area (Å²) < 4.78 is 63.5. The van der Waals surface area contributed by atoms with Crippen molar-refractivity contribution in [2.75, 3.05) is 5.32 Å². The van der Waals surface area contributed by atoms with E-state index in [1.807, 2.05) is 0 Å². The van der Waals surface area contributed by atoms with Gasteiger partial charge in [-0.2, -0.15) is 13.2 Å². The van der Waals surface area contributed by atoms with Crippen molar-refractivity contribution < 1.29 is 31.5 Å². The number of amides is 1. The summed E-state index contributed by atoms with van der Waals surface area (Å²) in [4.78, 5) is 28.7. The second-order valence-electron chi connectivity index (χ2n) is 8.53. The number of hydrogen-bond acceptors (Lipinski definition) is 6. The normalized spacial score (nSPS) is 15.1. The molecule has 1 fully saturated rings. The molecule has 2 N–H and O–H groups in total. The van der Waals surface area contributed by atoms with Crippen LogP contribution < -0.4 is 11.0 Å². The fraction of sp³-hybridized carbons (Fsp3) is 0.348. The number of halogens is 3. The van der Waals surface area contributed by atoms with Crippen LogP contribution in [-0.2, 0) is 21.2 Å². The molecule has 13 heteroatoms. The number of anilines is 1. The minimum atomic E-state index is -5.55. The highest BCUT2D eigenvalue weighted by Crippen LogP contribution is 2.31. The van der Waals surface area contributed by atoms with Gasteiger partial charge < -0.3 is 10.4 Å². The smallest absolute Gasteiger partial charge is 0.493 e. The van der Waals surface area contributed by atoms with Crippen molar-refractivity contribution in [2.24, 2.45) is 5.92 Å². The monoisotopic (exact) mass is 524 g/mol. The van der Waals surface area contributed by atoms with E-state index < -0.39 is 31.8 Å². The maximum atomic E-state index is 13.0. The van der Waals surface area contributed by atoms with Gasteiger partial charge in [-0.25, -0.2) is 17.8 Å². The molecule has 1 amide bonds. The minimum Gasteiger partial charge on any atom is -0.493 e. The second kappa shape index (κ2) is 9.80. The molecule has 0 saturated heterocycles. The first-order valence-corrected chi connectivity index (χ1v) is 12.6. The minimum absolute atomic E-state index is 0.0297. The average molecular weight is 525 g/mol. The predicted molar refractivity (Wildman–Crippen MR) is 123 cm³/mol. The quantitative estimate of drug-likeness (QED) is 0.508. The zero-order valence-corrected chi connectivity index (χ0v) is 19.7. The van der Waals surface area contributed by atoms with E-state index in [2.05, 4.69) is 10.3 Å². The number of rotatable bonds is 6. The van der Waals surface area contributed by atoms with Gasteiger partial charge in [0.25, 0.3) is 9.84 Å². The lowest BCUT2D eigenvalue weighted by Gasteiger charge is -2.21. The lowest BCUT2D eigenvalue weighted by Crippen LogP contribution is -2.27. The van der Waals surface area contributed by atoms with Crippen molar-refractivity contribution in [2.45, 2.75) is 49.1 Å². The number of pyridine rings is 1. The van der Waals surface area contributed by atoms with Gasteiger partial charge in [-0.05, 0) is 48.7 Å². The molecule has 0 aliphatic heterocycles. The van der Waals surface area contributed by atoms with Crippen LogP contribution in [0.25, 0.3) is 5.69 Å². The van der Waals surface area contributed by atoms with Crippen LogP contribution in [0.2, 0.25) is 0 Å². The number of carbonyl (C=O) groups excluding carboxylic acids is 1. The molecule has 1 aromatic carbocycles.